The number of rotatable bonds is 3. The van der Waals surface area contributed by atoms with Crippen molar-refractivity contribution in [3.63, 3.8) is 0 Å². The topological polar surface area (TPSA) is 43.1 Å². The molecule has 0 saturated carbocycles. The first-order valence-electron chi connectivity index (χ1n) is 4.67. The molecule has 0 heterocycles. The number of halogens is 2. The lowest BCUT2D eigenvalue weighted by Crippen LogP contribution is -2.10. The van der Waals surface area contributed by atoms with Crippen LogP contribution < -0.4 is 5.73 Å². The van der Waals surface area contributed by atoms with E-state index in [0.717, 1.165) is 0 Å². The average Bonchev–Trinajstić information content (AvgIpc) is 2.20. The maximum atomic E-state index is 13.4. The van der Waals surface area contributed by atoms with Gasteiger partial charge in [0.05, 0.1) is 5.02 Å². The fourth-order valence-electron chi connectivity index (χ4n) is 1.40. The fourth-order valence-corrected chi connectivity index (χ4v) is 1.60. The molecule has 0 fully saturated rings. The molecule has 1 aromatic rings. The summed E-state index contributed by atoms with van der Waals surface area (Å²) in [6.07, 6.45) is 0.208. The second kappa shape index (κ2) is 4.73. The van der Waals surface area contributed by atoms with Crippen LogP contribution in [-0.4, -0.2) is 12.3 Å². The van der Waals surface area contributed by atoms with Gasteiger partial charge in [0.25, 0.3) is 0 Å². The Morgan fingerprint density at radius 2 is 2.07 bits per heavy atom. The van der Waals surface area contributed by atoms with Crippen molar-refractivity contribution in [3.05, 3.63) is 33.6 Å². The van der Waals surface area contributed by atoms with Crippen LogP contribution in [0.3, 0.4) is 0 Å². The van der Waals surface area contributed by atoms with Gasteiger partial charge in [-0.2, -0.15) is 0 Å². The molecule has 0 atom stereocenters. The lowest BCUT2D eigenvalue weighted by atomic mass is 10.00. The van der Waals surface area contributed by atoms with Gasteiger partial charge in [-0.15, -0.1) is 0 Å². The lowest BCUT2D eigenvalue weighted by molar-refractivity contribution is 0.0984. The number of carbonyl (C=O) groups excluding carboxylic acids is 1. The zero-order valence-electron chi connectivity index (χ0n) is 8.73. The normalized spacial score (nSPS) is 10.5. The highest BCUT2D eigenvalue weighted by Gasteiger charge is 2.15. The van der Waals surface area contributed by atoms with Gasteiger partial charge in [-0.3, -0.25) is 4.79 Å². The highest BCUT2D eigenvalue weighted by molar-refractivity contribution is 6.32. The first kappa shape index (κ1) is 12.1. The van der Waals surface area contributed by atoms with Gasteiger partial charge < -0.3 is 5.73 Å². The molecule has 15 heavy (non-hydrogen) atoms. The zero-order chi connectivity index (χ0) is 11.6. The van der Waals surface area contributed by atoms with E-state index in [1.54, 1.807) is 13.8 Å². The van der Waals surface area contributed by atoms with Crippen molar-refractivity contribution in [1.29, 1.82) is 0 Å². The third-order valence-corrected chi connectivity index (χ3v) is 2.93. The van der Waals surface area contributed by atoms with Gasteiger partial charge in [-0.25, -0.2) is 4.39 Å². The smallest absolute Gasteiger partial charge is 0.164 e. The molecular weight excluding hydrogens is 217 g/mol. The second-order valence-electron chi connectivity index (χ2n) is 3.43. The third kappa shape index (κ3) is 2.36. The highest BCUT2D eigenvalue weighted by atomic mass is 35.5. The van der Waals surface area contributed by atoms with Crippen LogP contribution in [0.25, 0.3) is 0 Å². The molecule has 0 unspecified atom stereocenters. The van der Waals surface area contributed by atoms with Crippen LogP contribution in [0.5, 0.6) is 0 Å². The maximum Gasteiger partial charge on any atom is 0.164 e. The van der Waals surface area contributed by atoms with Crippen molar-refractivity contribution in [2.45, 2.75) is 20.3 Å². The van der Waals surface area contributed by atoms with E-state index in [1.807, 2.05) is 0 Å². The summed E-state index contributed by atoms with van der Waals surface area (Å²) in [5.74, 6) is -0.623. The standard InChI is InChI=1S/C11H13ClFNO/c1-6-8(10(15)3-4-14)5-9(13)7(2)11(6)12/h5H,3-4,14H2,1-2H3. The van der Waals surface area contributed by atoms with Gasteiger partial charge in [-0.1, -0.05) is 11.6 Å². The summed E-state index contributed by atoms with van der Waals surface area (Å²) in [5.41, 5.74) is 6.60. The largest absolute Gasteiger partial charge is 0.330 e. The SMILES string of the molecule is Cc1c(F)cc(C(=O)CCN)c(C)c1Cl. The molecule has 0 radical (unpaired) electrons. The van der Waals surface area contributed by atoms with E-state index in [1.165, 1.54) is 6.07 Å². The van der Waals surface area contributed by atoms with Gasteiger partial charge >= 0.3 is 0 Å². The quantitative estimate of drug-likeness (QED) is 0.810. The predicted octanol–water partition coefficient (Wildman–Crippen LogP) is 2.63. The molecule has 0 aliphatic heterocycles. The molecule has 0 spiro atoms. The van der Waals surface area contributed by atoms with Gasteiger partial charge in [0.15, 0.2) is 5.78 Å². The second-order valence-corrected chi connectivity index (χ2v) is 3.81. The highest BCUT2D eigenvalue weighted by Crippen LogP contribution is 2.26. The van der Waals surface area contributed by atoms with Gasteiger partial charge in [0.1, 0.15) is 5.82 Å². The number of ketones is 1. The summed E-state index contributed by atoms with van der Waals surface area (Å²) in [5, 5.41) is 0.315. The minimum atomic E-state index is -0.453. The van der Waals surface area contributed by atoms with Crippen molar-refractivity contribution in [3.8, 4) is 0 Å². The molecular formula is C11H13ClFNO. The minimum absolute atomic E-state index is 0.171. The number of hydrogen-bond acceptors (Lipinski definition) is 2. The lowest BCUT2D eigenvalue weighted by Gasteiger charge is -2.09. The summed E-state index contributed by atoms with van der Waals surface area (Å²) in [6, 6.07) is 1.23. The van der Waals surface area contributed by atoms with Crippen molar-refractivity contribution in [1.82, 2.24) is 0 Å². The van der Waals surface area contributed by atoms with E-state index in [2.05, 4.69) is 0 Å². The number of nitrogens with two attached hydrogens (primary N) is 1. The van der Waals surface area contributed by atoms with Crippen molar-refractivity contribution < 1.29 is 9.18 Å². The van der Waals surface area contributed by atoms with E-state index >= 15 is 0 Å². The molecule has 0 amide bonds. The molecule has 0 aliphatic carbocycles. The Labute approximate surface area is 93.2 Å². The molecule has 2 nitrogen and oxygen atoms in total. The Kier molecular flexibility index (Phi) is 3.83. The third-order valence-electron chi connectivity index (χ3n) is 2.36. The molecule has 0 bridgehead atoms. The first-order chi connectivity index (χ1) is 6.99. The Morgan fingerprint density at radius 1 is 1.47 bits per heavy atom. The summed E-state index contributed by atoms with van der Waals surface area (Å²) in [7, 11) is 0. The fraction of sp³-hybridized carbons (Fsp3) is 0.364. The molecule has 0 aliphatic rings. The van der Waals surface area contributed by atoms with Crippen molar-refractivity contribution in [2.24, 2.45) is 5.73 Å². The van der Waals surface area contributed by atoms with Gasteiger partial charge in [0.2, 0.25) is 0 Å². The average molecular weight is 230 g/mol. The molecule has 0 saturated heterocycles. The van der Waals surface area contributed by atoms with Gasteiger partial charge in [0, 0.05) is 17.5 Å². The minimum Gasteiger partial charge on any atom is -0.330 e. The Hall–Kier alpha value is -0.930. The first-order valence-corrected chi connectivity index (χ1v) is 5.05. The number of benzene rings is 1. The van der Waals surface area contributed by atoms with Crippen molar-refractivity contribution >= 4 is 17.4 Å². The summed E-state index contributed by atoms with van der Waals surface area (Å²) >= 11 is 5.91. The van der Waals surface area contributed by atoms with E-state index in [4.69, 9.17) is 17.3 Å². The Morgan fingerprint density at radius 3 is 2.60 bits per heavy atom. The molecule has 1 rings (SSSR count). The summed E-state index contributed by atoms with van der Waals surface area (Å²) in [6.45, 7) is 3.55. The predicted molar refractivity (Wildman–Crippen MR) is 58.9 cm³/mol. The number of Topliss-reactive ketones (excluding diaryl/α,β-unsaturated/α-hetero) is 1. The molecule has 82 valence electrons. The van der Waals surface area contributed by atoms with Crippen molar-refractivity contribution in [2.75, 3.05) is 6.54 Å². The van der Waals surface area contributed by atoms with Crippen LogP contribution in [-0.2, 0) is 0 Å². The van der Waals surface area contributed by atoms with E-state index < -0.39 is 5.82 Å². The summed E-state index contributed by atoms with van der Waals surface area (Å²) < 4.78 is 13.4. The van der Waals surface area contributed by atoms with Gasteiger partial charge in [-0.05, 0) is 32.0 Å². The molecule has 2 N–H and O–H groups in total. The van der Waals surface area contributed by atoms with Crippen LogP contribution in [0, 0.1) is 19.7 Å². The van der Waals surface area contributed by atoms with E-state index in [9.17, 15) is 9.18 Å². The van der Waals surface area contributed by atoms with E-state index in [0.29, 0.717) is 21.7 Å². The Balaban J connectivity index is 3.26. The molecule has 1 aromatic carbocycles. The molecule has 4 heteroatoms. The van der Waals surface area contributed by atoms with Crippen LogP contribution in [0.1, 0.15) is 27.9 Å². The maximum absolute atomic E-state index is 13.4. The number of carbonyl (C=O) groups is 1. The monoisotopic (exact) mass is 229 g/mol. The Bertz CT molecular complexity index is 404. The van der Waals surface area contributed by atoms with E-state index in [-0.39, 0.29) is 18.7 Å². The number of hydrogen-bond donors (Lipinski definition) is 1. The summed E-state index contributed by atoms with van der Waals surface area (Å²) in [4.78, 5) is 11.6. The zero-order valence-corrected chi connectivity index (χ0v) is 9.49. The van der Waals surface area contributed by atoms with Crippen LogP contribution >= 0.6 is 11.6 Å². The van der Waals surface area contributed by atoms with Crippen LogP contribution in [0.15, 0.2) is 6.07 Å². The molecule has 0 aromatic heterocycles. The van der Waals surface area contributed by atoms with Crippen LogP contribution in [0.4, 0.5) is 4.39 Å². The van der Waals surface area contributed by atoms with Crippen LogP contribution in [0.2, 0.25) is 5.02 Å².